The standard InChI is InChI=1S/C8H12O5/c1-3-4(9)6(11)8(13-2)7(12)5(3)10/h3-5,9-11H,1-2H3/t3-,4-,5+/m1/s1. The molecule has 3 atom stereocenters. The minimum absolute atomic E-state index is 0.363. The third-order valence-corrected chi connectivity index (χ3v) is 2.21. The van der Waals surface area contributed by atoms with Gasteiger partial charge in [-0.15, -0.1) is 0 Å². The highest BCUT2D eigenvalue weighted by Gasteiger charge is 2.40. The summed E-state index contributed by atoms with van der Waals surface area (Å²) in [6, 6.07) is 0. The molecule has 0 aromatic rings. The molecule has 0 spiro atoms. The molecule has 1 rings (SSSR count). The second-order valence-electron chi connectivity index (χ2n) is 3.03. The molecule has 0 saturated carbocycles. The second kappa shape index (κ2) is 3.35. The largest absolute Gasteiger partial charge is 0.506 e. The Hall–Kier alpha value is -1.07. The van der Waals surface area contributed by atoms with Crippen LogP contribution >= 0.6 is 0 Å². The molecule has 13 heavy (non-hydrogen) atoms. The number of ketones is 1. The number of Topliss-reactive ketones (excluding diaryl/α,β-unsaturated/α-hetero) is 1. The summed E-state index contributed by atoms with van der Waals surface area (Å²) in [5.41, 5.74) is 0. The smallest absolute Gasteiger partial charge is 0.229 e. The molecule has 1 aliphatic carbocycles. The maximum atomic E-state index is 11.2. The summed E-state index contributed by atoms with van der Waals surface area (Å²) < 4.78 is 4.56. The number of hydrogen-bond acceptors (Lipinski definition) is 5. The van der Waals surface area contributed by atoms with E-state index in [0.29, 0.717) is 0 Å². The molecule has 74 valence electrons. The molecule has 5 heteroatoms. The van der Waals surface area contributed by atoms with Crippen molar-refractivity contribution in [3.8, 4) is 0 Å². The van der Waals surface area contributed by atoms with Crippen molar-refractivity contribution in [1.82, 2.24) is 0 Å². The van der Waals surface area contributed by atoms with Gasteiger partial charge in [0.05, 0.1) is 7.11 Å². The lowest BCUT2D eigenvalue weighted by molar-refractivity contribution is -0.134. The Morgan fingerprint density at radius 2 is 1.85 bits per heavy atom. The molecular weight excluding hydrogens is 176 g/mol. The van der Waals surface area contributed by atoms with Crippen molar-refractivity contribution in [2.24, 2.45) is 5.92 Å². The Bertz CT molecular complexity index is 257. The van der Waals surface area contributed by atoms with Crippen LogP contribution in [0.5, 0.6) is 0 Å². The van der Waals surface area contributed by atoms with Crippen molar-refractivity contribution in [3.05, 3.63) is 11.5 Å². The van der Waals surface area contributed by atoms with Crippen molar-refractivity contribution >= 4 is 5.78 Å². The molecule has 0 fully saturated rings. The molecule has 0 radical (unpaired) electrons. The van der Waals surface area contributed by atoms with Gasteiger partial charge in [-0.2, -0.15) is 0 Å². The van der Waals surface area contributed by atoms with Gasteiger partial charge >= 0.3 is 0 Å². The van der Waals surface area contributed by atoms with Crippen molar-refractivity contribution in [2.45, 2.75) is 19.1 Å². The van der Waals surface area contributed by atoms with Gasteiger partial charge in [-0.25, -0.2) is 0 Å². The lowest BCUT2D eigenvalue weighted by atomic mass is 9.87. The maximum absolute atomic E-state index is 11.2. The molecule has 5 nitrogen and oxygen atoms in total. The zero-order valence-corrected chi connectivity index (χ0v) is 7.39. The van der Waals surface area contributed by atoms with E-state index in [0.717, 1.165) is 0 Å². The zero-order chi connectivity index (χ0) is 10.2. The Kier molecular flexibility index (Phi) is 2.58. The molecule has 0 amide bonds. The minimum atomic E-state index is -1.32. The van der Waals surface area contributed by atoms with Crippen LogP contribution in [0.15, 0.2) is 11.5 Å². The number of carbonyl (C=O) groups is 1. The number of rotatable bonds is 1. The van der Waals surface area contributed by atoms with Crippen molar-refractivity contribution in [3.63, 3.8) is 0 Å². The summed E-state index contributed by atoms with van der Waals surface area (Å²) in [7, 11) is 1.19. The predicted octanol–water partition coefficient (Wildman–Crippen LogP) is -0.657. The van der Waals surface area contributed by atoms with E-state index >= 15 is 0 Å². The minimum Gasteiger partial charge on any atom is -0.506 e. The van der Waals surface area contributed by atoms with E-state index in [1.54, 1.807) is 0 Å². The first kappa shape index (κ1) is 10.0. The fraction of sp³-hybridized carbons (Fsp3) is 0.625. The zero-order valence-electron chi connectivity index (χ0n) is 7.39. The summed E-state index contributed by atoms with van der Waals surface area (Å²) in [5.74, 6) is -2.28. The maximum Gasteiger partial charge on any atom is 0.229 e. The van der Waals surface area contributed by atoms with E-state index in [9.17, 15) is 20.1 Å². The normalized spacial score (nSPS) is 35.1. The van der Waals surface area contributed by atoms with Gasteiger partial charge in [0.2, 0.25) is 11.5 Å². The van der Waals surface area contributed by atoms with Crippen LogP contribution in [0, 0.1) is 5.92 Å². The SMILES string of the molecule is COC1=C(O)[C@H](O)[C@@H](C)[C@H](O)C1=O. The molecule has 0 aromatic heterocycles. The predicted molar refractivity (Wildman–Crippen MR) is 42.8 cm³/mol. The van der Waals surface area contributed by atoms with Crippen LogP contribution < -0.4 is 0 Å². The van der Waals surface area contributed by atoms with Crippen molar-refractivity contribution < 1.29 is 24.9 Å². The Morgan fingerprint density at radius 3 is 2.31 bits per heavy atom. The molecule has 0 heterocycles. The van der Waals surface area contributed by atoms with Crippen molar-refractivity contribution in [1.29, 1.82) is 0 Å². The van der Waals surface area contributed by atoms with Crippen LogP contribution in [0.2, 0.25) is 0 Å². The van der Waals surface area contributed by atoms with Gasteiger partial charge in [0, 0.05) is 5.92 Å². The topological polar surface area (TPSA) is 87.0 Å². The van der Waals surface area contributed by atoms with E-state index in [4.69, 9.17) is 0 Å². The Morgan fingerprint density at radius 1 is 1.31 bits per heavy atom. The van der Waals surface area contributed by atoms with Gasteiger partial charge in [0.15, 0.2) is 5.76 Å². The lowest BCUT2D eigenvalue weighted by Gasteiger charge is -2.28. The lowest BCUT2D eigenvalue weighted by Crippen LogP contribution is -2.43. The summed E-state index contributed by atoms with van der Waals surface area (Å²) >= 11 is 0. The third kappa shape index (κ3) is 1.40. The average molecular weight is 188 g/mol. The highest BCUT2D eigenvalue weighted by molar-refractivity contribution is 5.98. The molecular formula is C8H12O5. The molecule has 3 N–H and O–H groups in total. The van der Waals surface area contributed by atoms with E-state index in [1.165, 1.54) is 14.0 Å². The van der Waals surface area contributed by atoms with Gasteiger partial charge in [0.1, 0.15) is 12.2 Å². The molecule has 0 bridgehead atoms. The Balaban J connectivity index is 3.10. The number of methoxy groups -OCH3 is 1. The molecule has 0 aliphatic heterocycles. The van der Waals surface area contributed by atoms with E-state index in [2.05, 4.69) is 4.74 Å². The van der Waals surface area contributed by atoms with Gasteiger partial charge in [-0.05, 0) is 0 Å². The molecule has 0 aromatic carbocycles. The van der Waals surface area contributed by atoms with Gasteiger partial charge in [-0.1, -0.05) is 6.92 Å². The monoisotopic (exact) mass is 188 g/mol. The fourth-order valence-corrected chi connectivity index (χ4v) is 1.26. The highest BCUT2D eigenvalue weighted by atomic mass is 16.5. The van der Waals surface area contributed by atoms with E-state index < -0.39 is 29.7 Å². The summed E-state index contributed by atoms with van der Waals surface area (Å²) in [6.07, 6.45) is -2.57. The van der Waals surface area contributed by atoms with E-state index in [-0.39, 0.29) is 5.76 Å². The molecule has 0 unspecified atom stereocenters. The van der Waals surface area contributed by atoms with Crippen LogP contribution in [-0.4, -0.2) is 40.4 Å². The summed E-state index contributed by atoms with van der Waals surface area (Å²) in [5, 5.41) is 27.9. The second-order valence-corrected chi connectivity index (χ2v) is 3.03. The van der Waals surface area contributed by atoms with Crippen LogP contribution in [0.3, 0.4) is 0 Å². The van der Waals surface area contributed by atoms with Crippen LogP contribution in [0.1, 0.15) is 6.92 Å². The number of ether oxygens (including phenoxy) is 1. The molecule has 1 aliphatic rings. The van der Waals surface area contributed by atoms with Crippen molar-refractivity contribution in [2.75, 3.05) is 7.11 Å². The first-order valence-electron chi connectivity index (χ1n) is 3.88. The number of hydrogen-bond donors (Lipinski definition) is 3. The van der Waals surface area contributed by atoms with Gasteiger partial charge in [0.25, 0.3) is 0 Å². The number of aliphatic hydroxyl groups is 3. The average Bonchev–Trinajstić information content (AvgIpc) is 2.13. The van der Waals surface area contributed by atoms with Crippen LogP contribution in [0.25, 0.3) is 0 Å². The highest BCUT2D eigenvalue weighted by Crippen LogP contribution is 2.26. The first-order valence-corrected chi connectivity index (χ1v) is 3.88. The van der Waals surface area contributed by atoms with E-state index in [1.807, 2.05) is 0 Å². The van der Waals surface area contributed by atoms with Crippen LogP contribution in [-0.2, 0) is 9.53 Å². The number of carbonyl (C=O) groups excluding carboxylic acids is 1. The number of aliphatic hydroxyl groups excluding tert-OH is 3. The fourth-order valence-electron chi connectivity index (χ4n) is 1.26. The van der Waals surface area contributed by atoms with Gasteiger partial charge < -0.3 is 20.1 Å². The Labute approximate surface area is 75.3 Å². The van der Waals surface area contributed by atoms with Gasteiger partial charge in [-0.3, -0.25) is 4.79 Å². The quantitative estimate of drug-likeness (QED) is 0.508. The third-order valence-electron chi connectivity index (χ3n) is 2.21. The van der Waals surface area contributed by atoms with Crippen LogP contribution in [0.4, 0.5) is 0 Å². The summed E-state index contributed by atoms with van der Waals surface area (Å²) in [6.45, 7) is 1.47. The summed E-state index contributed by atoms with van der Waals surface area (Å²) in [4.78, 5) is 11.2. The molecule has 0 saturated heterocycles. The first-order chi connectivity index (χ1) is 6.00.